The minimum Gasteiger partial charge on any atom is -0.493 e. The summed E-state index contributed by atoms with van der Waals surface area (Å²) in [7, 11) is 1.59. The molecule has 5 nitrogen and oxygen atoms in total. The molecule has 1 aromatic heterocycles. The molecule has 0 atom stereocenters. The van der Waals surface area contributed by atoms with Crippen molar-refractivity contribution >= 4 is 23.1 Å². The molecular weight excluding hydrogens is 445 g/mol. The second-order valence-electron chi connectivity index (χ2n) is 8.47. The van der Waals surface area contributed by atoms with Gasteiger partial charge in [0, 0.05) is 11.6 Å². The topological polar surface area (TPSA) is 72.5 Å². The summed E-state index contributed by atoms with van der Waals surface area (Å²) >= 11 is 0. The van der Waals surface area contributed by atoms with Gasteiger partial charge in [0.25, 0.3) is 0 Å². The molecule has 1 heterocycles. The average Bonchev–Trinajstić information content (AvgIpc) is 3.71. The van der Waals surface area contributed by atoms with Crippen LogP contribution in [0.5, 0.6) is 11.5 Å². The zero-order chi connectivity index (χ0) is 24.4. The zero-order valence-corrected chi connectivity index (χ0v) is 19.1. The second-order valence-corrected chi connectivity index (χ2v) is 8.47. The Balaban J connectivity index is 1.64. The fourth-order valence-corrected chi connectivity index (χ4v) is 3.92. The molecule has 4 aromatic rings. The number of nitrogens with zero attached hydrogens (tertiary/aromatic N) is 1. The highest BCUT2D eigenvalue weighted by atomic mass is 19.1. The number of nitriles is 1. The number of rotatable bonds is 7. The van der Waals surface area contributed by atoms with Gasteiger partial charge >= 0.3 is 0 Å². The molecule has 35 heavy (non-hydrogen) atoms. The standard InChI is InChI=1S/C29H22FNO4/c1-33-25-4-2-3-21(29(25)34-17-19-5-6-19)11-14-24-27(20-9-7-18(16-31)8-10-20)28(32)23-13-12-22(30)15-26(23)35-24/h2-4,7-15,19H,5-6,17H2,1H3/b14-11+. The molecule has 0 unspecified atom stereocenters. The van der Waals surface area contributed by atoms with Crippen molar-refractivity contribution in [3.63, 3.8) is 0 Å². The van der Waals surface area contributed by atoms with Crippen LogP contribution < -0.4 is 14.9 Å². The lowest BCUT2D eigenvalue weighted by Gasteiger charge is -2.13. The van der Waals surface area contributed by atoms with Crippen molar-refractivity contribution in [1.29, 1.82) is 5.26 Å². The van der Waals surface area contributed by atoms with Crippen molar-refractivity contribution in [3.8, 4) is 28.7 Å². The van der Waals surface area contributed by atoms with E-state index in [0.29, 0.717) is 40.7 Å². The number of benzene rings is 3. The van der Waals surface area contributed by atoms with Gasteiger partial charge in [-0.1, -0.05) is 24.3 Å². The number of methoxy groups -OCH3 is 1. The molecule has 0 N–H and O–H groups in total. The molecule has 0 aliphatic heterocycles. The van der Waals surface area contributed by atoms with Crippen molar-refractivity contribution in [3.05, 3.63) is 93.6 Å². The van der Waals surface area contributed by atoms with Crippen LogP contribution in [0, 0.1) is 23.1 Å². The molecule has 0 saturated heterocycles. The molecule has 0 radical (unpaired) electrons. The van der Waals surface area contributed by atoms with Gasteiger partial charge in [-0.05, 0) is 66.8 Å². The van der Waals surface area contributed by atoms with Crippen molar-refractivity contribution < 1.29 is 18.3 Å². The molecule has 1 aliphatic carbocycles. The number of para-hydroxylation sites is 1. The van der Waals surface area contributed by atoms with Crippen LogP contribution in [0.1, 0.15) is 29.7 Å². The summed E-state index contributed by atoms with van der Waals surface area (Å²) in [5, 5.41) is 9.41. The molecular formula is C29H22FNO4. The third-order valence-electron chi connectivity index (χ3n) is 5.99. The van der Waals surface area contributed by atoms with Crippen molar-refractivity contribution in [1.82, 2.24) is 0 Å². The highest BCUT2D eigenvalue weighted by Gasteiger charge is 2.23. The first-order valence-corrected chi connectivity index (χ1v) is 11.3. The fourth-order valence-electron chi connectivity index (χ4n) is 3.92. The van der Waals surface area contributed by atoms with Gasteiger partial charge in [0.1, 0.15) is 17.2 Å². The van der Waals surface area contributed by atoms with E-state index < -0.39 is 5.82 Å². The normalized spacial score (nSPS) is 13.2. The van der Waals surface area contributed by atoms with Gasteiger partial charge in [0.05, 0.1) is 36.3 Å². The van der Waals surface area contributed by atoms with E-state index in [1.54, 1.807) is 43.5 Å². The van der Waals surface area contributed by atoms with Crippen molar-refractivity contribution in [2.75, 3.05) is 13.7 Å². The molecule has 1 saturated carbocycles. The van der Waals surface area contributed by atoms with E-state index in [9.17, 15) is 9.18 Å². The maximum atomic E-state index is 13.9. The van der Waals surface area contributed by atoms with Gasteiger partial charge in [0.2, 0.25) is 5.43 Å². The summed E-state index contributed by atoms with van der Waals surface area (Å²) in [4.78, 5) is 13.5. The van der Waals surface area contributed by atoms with Gasteiger partial charge in [0.15, 0.2) is 11.5 Å². The van der Waals surface area contributed by atoms with Crippen LogP contribution in [0.3, 0.4) is 0 Å². The van der Waals surface area contributed by atoms with Gasteiger partial charge in [-0.15, -0.1) is 0 Å². The van der Waals surface area contributed by atoms with E-state index in [4.69, 9.17) is 19.2 Å². The smallest absolute Gasteiger partial charge is 0.201 e. The summed E-state index contributed by atoms with van der Waals surface area (Å²) in [6.45, 7) is 0.613. The number of fused-ring (bicyclic) bond motifs is 1. The Labute approximate surface area is 201 Å². The second kappa shape index (κ2) is 9.47. The van der Waals surface area contributed by atoms with Gasteiger partial charge in [-0.25, -0.2) is 4.39 Å². The summed E-state index contributed by atoms with van der Waals surface area (Å²) in [5.74, 6) is 1.57. The lowest BCUT2D eigenvalue weighted by atomic mass is 10.00. The van der Waals surface area contributed by atoms with E-state index in [1.165, 1.54) is 18.2 Å². The largest absolute Gasteiger partial charge is 0.493 e. The Bertz CT molecular complexity index is 1530. The predicted molar refractivity (Wildman–Crippen MR) is 133 cm³/mol. The Hall–Kier alpha value is -4.37. The lowest BCUT2D eigenvalue weighted by Crippen LogP contribution is -2.07. The first-order chi connectivity index (χ1) is 17.1. The molecule has 0 spiro atoms. The number of ether oxygens (including phenoxy) is 2. The molecule has 0 bridgehead atoms. The number of halogens is 1. The minimum atomic E-state index is -0.495. The van der Waals surface area contributed by atoms with Gasteiger partial charge < -0.3 is 13.9 Å². The predicted octanol–water partition coefficient (Wildman–Crippen LogP) is 6.44. The SMILES string of the molecule is COc1cccc(/C=C/c2oc3cc(F)ccc3c(=O)c2-c2ccc(C#N)cc2)c1OCC1CC1. The number of hydrogen-bond donors (Lipinski definition) is 0. The van der Waals surface area contributed by atoms with E-state index in [0.717, 1.165) is 18.4 Å². The Morgan fingerprint density at radius 2 is 1.91 bits per heavy atom. The quantitative estimate of drug-likeness (QED) is 0.313. The van der Waals surface area contributed by atoms with Crippen LogP contribution in [-0.4, -0.2) is 13.7 Å². The summed E-state index contributed by atoms with van der Waals surface area (Å²) in [6.07, 6.45) is 5.79. The van der Waals surface area contributed by atoms with E-state index >= 15 is 0 Å². The Morgan fingerprint density at radius 1 is 1.11 bits per heavy atom. The highest BCUT2D eigenvalue weighted by Crippen LogP contribution is 2.36. The Morgan fingerprint density at radius 3 is 2.63 bits per heavy atom. The maximum absolute atomic E-state index is 13.9. The molecule has 3 aromatic carbocycles. The lowest BCUT2D eigenvalue weighted by molar-refractivity contribution is 0.280. The van der Waals surface area contributed by atoms with Crippen LogP contribution in [0.2, 0.25) is 0 Å². The van der Waals surface area contributed by atoms with Gasteiger partial charge in [-0.2, -0.15) is 5.26 Å². The highest BCUT2D eigenvalue weighted by molar-refractivity contribution is 5.87. The monoisotopic (exact) mass is 467 g/mol. The van der Waals surface area contributed by atoms with Crippen LogP contribution in [0.4, 0.5) is 4.39 Å². The Kier molecular flexibility index (Phi) is 6.07. The molecule has 1 aliphatic rings. The van der Waals surface area contributed by atoms with Crippen LogP contribution in [0.15, 0.2) is 69.9 Å². The first-order valence-electron chi connectivity index (χ1n) is 11.3. The molecule has 174 valence electrons. The molecule has 5 rings (SSSR count). The van der Waals surface area contributed by atoms with Crippen LogP contribution in [-0.2, 0) is 0 Å². The zero-order valence-electron chi connectivity index (χ0n) is 19.1. The van der Waals surface area contributed by atoms with E-state index in [-0.39, 0.29) is 22.2 Å². The third kappa shape index (κ3) is 4.67. The minimum absolute atomic E-state index is 0.155. The molecule has 6 heteroatoms. The van der Waals surface area contributed by atoms with E-state index in [1.807, 2.05) is 18.2 Å². The summed E-state index contributed by atoms with van der Waals surface area (Å²) in [5.41, 5.74) is 2.03. The summed E-state index contributed by atoms with van der Waals surface area (Å²) in [6, 6.07) is 18.2. The van der Waals surface area contributed by atoms with Crippen molar-refractivity contribution in [2.45, 2.75) is 12.8 Å². The number of hydrogen-bond acceptors (Lipinski definition) is 5. The van der Waals surface area contributed by atoms with Gasteiger partial charge in [-0.3, -0.25) is 4.79 Å². The average molecular weight is 467 g/mol. The van der Waals surface area contributed by atoms with Crippen LogP contribution >= 0.6 is 0 Å². The maximum Gasteiger partial charge on any atom is 0.201 e. The fraction of sp³-hybridized carbons (Fsp3) is 0.172. The van der Waals surface area contributed by atoms with E-state index in [2.05, 4.69) is 6.07 Å². The van der Waals surface area contributed by atoms with Crippen molar-refractivity contribution in [2.24, 2.45) is 5.92 Å². The van der Waals surface area contributed by atoms with Crippen LogP contribution in [0.25, 0.3) is 34.2 Å². The third-order valence-corrected chi connectivity index (χ3v) is 5.99. The molecule has 0 amide bonds. The first kappa shape index (κ1) is 22.4. The summed E-state index contributed by atoms with van der Waals surface area (Å²) < 4.78 is 31.5. The molecule has 1 fully saturated rings.